The minimum absolute atomic E-state index is 0.0370. The normalized spacial score (nSPS) is 22.8. The van der Waals surface area contributed by atoms with Crippen LogP contribution in [0.25, 0.3) is 0 Å². The van der Waals surface area contributed by atoms with Crippen molar-refractivity contribution in [2.24, 2.45) is 0 Å². The Balaban J connectivity index is 1.65. The van der Waals surface area contributed by atoms with Gasteiger partial charge in [-0.15, -0.1) is 11.6 Å². The van der Waals surface area contributed by atoms with Gasteiger partial charge < -0.3 is 23.5 Å². The number of benzene rings is 3. The zero-order valence-corrected chi connectivity index (χ0v) is 28.6. The number of rotatable bonds is 11. The van der Waals surface area contributed by atoms with Gasteiger partial charge in [-0.05, 0) is 47.0 Å². The van der Waals surface area contributed by atoms with Crippen molar-refractivity contribution in [2.45, 2.75) is 68.9 Å². The summed E-state index contributed by atoms with van der Waals surface area (Å²) in [6.45, 7) is 13.2. The second-order valence-electron chi connectivity index (χ2n) is 13.3. The molecule has 3 atom stereocenters. The molecular formula is C36H47ClN2O4Si. The summed E-state index contributed by atoms with van der Waals surface area (Å²) < 4.78 is 27.0. The van der Waals surface area contributed by atoms with E-state index in [9.17, 15) is 0 Å². The lowest BCUT2D eigenvalue weighted by Gasteiger charge is -2.44. The van der Waals surface area contributed by atoms with Crippen molar-refractivity contribution >= 4 is 19.9 Å². The van der Waals surface area contributed by atoms with Crippen molar-refractivity contribution < 1.29 is 18.6 Å². The van der Waals surface area contributed by atoms with Crippen LogP contribution in [0.2, 0.25) is 18.1 Å². The van der Waals surface area contributed by atoms with Crippen LogP contribution in [0.15, 0.2) is 97.2 Å². The Kier molecular flexibility index (Phi) is 9.95. The third-order valence-electron chi connectivity index (χ3n) is 9.48. The first-order valence-electron chi connectivity index (χ1n) is 15.5. The molecule has 2 heterocycles. The van der Waals surface area contributed by atoms with Crippen LogP contribution in [0.3, 0.4) is 0 Å². The molecule has 0 radical (unpaired) electrons. The lowest BCUT2D eigenvalue weighted by Crippen LogP contribution is -2.54. The van der Waals surface area contributed by atoms with Gasteiger partial charge in [0.25, 0.3) is 0 Å². The molecule has 2 aliphatic heterocycles. The van der Waals surface area contributed by atoms with Crippen LogP contribution in [-0.4, -0.2) is 64.0 Å². The van der Waals surface area contributed by atoms with Crippen molar-refractivity contribution in [2.75, 3.05) is 32.8 Å². The highest BCUT2D eigenvalue weighted by Gasteiger charge is 2.55. The van der Waals surface area contributed by atoms with Gasteiger partial charge in [0, 0.05) is 19.2 Å². The monoisotopic (exact) mass is 634 g/mol. The lowest BCUT2D eigenvalue weighted by atomic mass is 9.79. The van der Waals surface area contributed by atoms with Gasteiger partial charge in [0.15, 0.2) is 8.32 Å². The van der Waals surface area contributed by atoms with E-state index in [2.05, 4.69) is 117 Å². The Labute approximate surface area is 269 Å². The maximum absolute atomic E-state index is 7.62. The summed E-state index contributed by atoms with van der Waals surface area (Å²) >= 11 is 6.97. The molecule has 5 rings (SSSR count). The lowest BCUT2D eigenvalue weighted by molar-refractivity contribution is -0.155. The van der Waals surface area contributed by atoms with Crippen LogP contribution in [-0.2, 0) is 19.5 Å². The smallest absolute Gasteiger partial charge is 0.192 e. The van der Waals surface area contributed by atoms with Crippen LogP contribution in [0.4, 0.5) is 0 Å². The molecule has 44 heavy (non-hydrogen) atoms. The molecular weight excluding hydrogens is 588 g/mol. The zero-order valence-electron chi connectivity index (χ0n) is 26.9. The van der Waals surface area contributed by atoms with Crippen LogP contribution >= 0.6 is 11.6 Å². The molecule has 0 aliphatic carbocycles. The van der Waals surface area contributed by atoms with Gasteiger partial charge in [-0.3, -0.25) is 5.32 Å². The maximum atomic E-state index is 7.62. The van der Waals surface area contributed by atoms with Crippen LogP contribution in [0.1, 0.15) is 43.9 Å². The van der Waals surface area contributed by atoms with E-state index in [1.165, 1.54) is 0 Å². The molecule has 0 bridgehead atoms. The van der Waals surface area contributed by atoms with Crippen LogP contribution < -0.4 is 10.1 Å². The number of nitrogens with one attached hydrogen (secondary N) is 1. The molecule has 1 N–H and O–H groups in total. The van der Waals surface area contributed by atoms with Crippen molar-refractivity contribution in [3.63, 3.8) is 0 Å². The fourth-order valence-corrected chi connectivity index (χ4v) is 7.11. The van der Waals surface area contributed by atoms with Crippen molar-refractivity contribution in [3.05, 3.63) is 114 Å². The van der Waals surface area contributed by atoms with E-state index >= 15 is 0 Å². The number of halogens is 1. The van der Waals surface area contributed by atoms with Gasteiger partial charge >= 0.3 is 0 Å². The summed E-state index contributed by atoms with van der Waals surface area (Å²) in [5.41, 5.74) is 1.20. The number of methoxy groups -OCH3 is 1. The van der Waals surface area contributed by atoms with Crippen molar-refractivity contribution in [1.82, 2.24) is 10.2 Å². The van der Waals surface area contributed by atoms with E-state index in [1.54, 1.807) is 7.11 Å². The standard InChI is InChI=1S/C36H47ClN2O4Si/c1-34(2,3)44(5,6)41-26-35(25-37)32(24-33(43-35)39-23-13-22-38-27-39)42-36(28-14-9-7-10-15-28,29-16-11-8-12-17-29)30-18-20-31(40-4)21-19-30/h7-21,23,32-33,38H,22,24-27H2,1-6H3/t32-,33+,35+/m0/s1. The van der Waals surface area contributed by atoms with Gasteiger partial charge in [0.1, 0.15) is 23.2 Å². The summed E-state index contributed by atoms with van der Waals surface area (Å²) in [4.78, 5) is 2.20. The third kappa shape index (κ3) is 6.50. The van der Waals surface area contributed by atoms with Gasteiger partial charge in [0.2, 0.25) is 0 Å². The van der Waals surface area contributed by atoms with E-state index in [-0.39, 0.29) is 17.1 Å². The molecule has 0 amide bonds. The van der Waals surface area contributed by atoms with E-state index in [1.807, 2.05) is 24.3 Å². The van der Waals surface area contributed by atoms with Crippen LogP contribution in [0, 0.1) is 0 Å². The summed E-state index contributed by atoms with van der Waals surface area (Å²) in [7, 11) is -0.451. The molecule has 3 aromatic rings. The first-order chi connectivity index (χ1) is 21.0. The molecule has 1 saturated heterocycles. The summed E-state index contributed by atoms with van der Waals surface area (Å²) in [5.74, 6) is 1.02. The van der Waals surface area contributed by atoms with Gasteiger partial charge in [0.05, 0.1) is 32.4 Å². The molecule has 0 saturated carbocycles. The highest BCUT2D eigenvalue weighted by Crippen LogP contribution is 2.48. The summed E-state index contributed by atoms with van der Waals surface area (Å²) in [5, 5.41) is 3.47. The Bertz CT molecular complexity index is 1340. The van der Waals surface area contributed by atoms with Crippen LogP contribution in [0.5, 0.6) is 5.75 Å². The Morgan fingerprint density at radius 3 is 2.02 bits per heavy atom. The highest BCUT2D eigenvalue weighted by atomic mass is 35.5. The molecule has 0 spiro atoms. The number of ether oxygens (including phenoxy) is 3. The Hall–Kier alpha value is -2.65. The molecule has 0 unspecified atom stereocenters. The van der Waals surface area contributed by atoms with E-state index in [0.29, 0.717) is 19.7 Å². The SMILES string of the molecule is COc1ccc(C(O[C@H]2C[C@H](N3C=CCNC3)O[C@]2(CCl)CO[Si](C)(C)C(C)(C)C)(c2ccccc2)c2ccccc2)cc1. The number of hydrogen-bond donors (Lipinski definition) is 1. The van der Waals surface area contributed by atoms with Gasteiger partial charge in [-0.1, -0.05) is 99.6 Å². The topological polar surface area (TPSA) is 52.2 Å². The minimum Gasteiger partial charge on any atom is -0.497 e. The van der Waals surface area contributed by atoms with Crippen molar-refractivity contribution in [1.29, 1.82) is 0 Å². The number of alkyl halides is 1. The third-order valence-corrected chi connectivity index (χ3v) is 14.4. The minimum atomic E-state index is -2.14. The fraction of sp³-hybridized carbons (Fsp3) is 0.444. The van der Waals surface area contributed by atoms with Crippen molar-refractivity contribution in [3.8, 4) is 5.75 Å². The molecule has 3 aromatic carbocycles. The van der Waals surface area contributed by atoms with E-state index < -0.39 is 25.6 Å². The second-order valence-corrected chi connectivity index (χ2v) is 18.4. The molecule has 2 aliphatic rings. The molecule has 1 fully saturated rings. The van der Waals surface area contributed by atoms with E-state index in [4.69, 9.17) is 30.2 Å². The summed E-state index contributed by atoms with van der Waals surface area (Å²) in [6.07, 6.45) is 4.23. The quantitative estimate of drug-likeness (QED) is 0.134. The predicted molar refractivity (Wildman–Crippen MR) is 181 cm³/mol. The number of nitrogens with zero attached hydrogens (tertiary/aromatic N) is 1. The highest BCUT2D eigenvalue weighted by molar-refractivity contribution is 6.74. The molecule has 0 aromatic heterocycles. The fourth-order valence-electron chi connectivity index (χ4n) is 5.76. The Morgan fingerprint density at radius 1 is 0.932 bits per heavy atom. The molecule has 6 nitrogen and oxygen atoms in total. The first kappa shape index (κ1) is 32.7. The largest absolute Gasteiger partial charge is 0.497 e. The zero-order chi connectivity index (χ0) is 31.4. The Morgan fingerprint density at radius 2 is 1.52 bits per heavy atom. The second kappa shape index (κ2) is 13.4. The van der Waals surface area contributed by atoms with E-state index in [0.717, 1.165) is 29.0 Å². The van der Waals surface area contributed by atoms with Gasteiger partial charge in [-0.2, -0.15) is 0 Å². The molecule has 8 heteroatoms. The molecule has 236 valence electrons. The number of hydrogen-bond acceptors (Lipinski definition) is 6. The first-order valence-corrected chi connectivity index (χ1v) is 18.9. The summed E-state index contributed by atoms with van der Waals surface area (Å²) in [6, 6.07) is 29.0. The predicted octanol–water partition coefficient (Wildman–Crippen LogP) is 7.49. The average Bonchev–Trinajstić information content (AvgIpc) is 3.42. The van der Waals surface area contributed by atoms with Gasteiger partial charge in [-0.25, -0.2) is 0 Å². The maximum Gasteiger partial charge on any atom is 0.192 e. The average molecular weight is 635 g/mol.